The van der Waals surface area contributed by atoms with E-state index in [4.69, 9.17) is 9.84 Å². The molecule has 0 aliphatic heterocycles. The first-order valence-corrected chi connectivity index (χ1v) is 8.70. The number of carboxylic acids is 1. The maximum absolute atomic E-state index is 11.9. The Morgan fingerprint density at radius 1 is 1.30 bits per heavy atom. The van der Waals surface area contributed by atoms with Crippen molar-refractivity contribution in [3.05, 3.63) is 53.5 Å². The Morgan fingerprint density at radius 2 is 2.11 bits per heavy atom. The fraction of sp³-hybridized carbons (Fsp3) is 0.368. The van der Waals surface area contributed by atoms with Crippen LogP contribution in [0.3, 0.4) is 0 Å². The summed E-state index contributed by atoms with van der Waals surface area (Å²) in [6, 6.07) is 5.58. The van der Waals surface area contributed by atoms with E-state index in [2.05, 4.69) is 21.5 Å². The summed E-state index contributed by atoms with van der Waals surface area (Å²) in [6.45, 7) is 3.24. The molecule has 0 fully saturated rings. The number of rotatable bonds is 7. The number of nitrogens with one attached hydrogen (secondary N) is 1. The summed E-state index contributed by atoms with van der Waals surface area (Å²) in [6.07, 6.45) is 6.48. The van der Waals surface area contributed by atoms with E-state index in [0.29, 0.717) is 0 Å². The highest BCUT2D eigenvalue weighted by molar-refractivity contribution is 5.78. The van der Waals surface area contributed by atoms with Crippen molar-refractivity contribution in [2.75, 3.05) is 13.2 Å². The molecule has 1 aliphatic carbocycles. The fourth-order valence-corrected chi connectivity index (χ4v) is 3.39. The third-order valence-corrected chi connectivity index (χ3v) is 4.47. The Balaban J connectivity index is 1.64. The zero-order chi connectivity index (χ0) is 19.4. The molecule has 8 heteroatoms. The lowest BCUT2D eigenvalue weighted by atomic mass is 9.96. The van der Waals surface area contributed by atoms with Gasteiger partial charge in [0.15, 0.2) is 5.82 Å². The summed E-state index contributed by atoms with van der Waals surface area (Å²) >= 11 is 0. The minimum absolute atomic E-state index is 0.118. The molecule has 1 aliphatic rings. The third kappa shape index (κ3) is 4.40. The molecule has 142 valence electrons. The maximum atomic E-state index is 11.9. The second-order valence-electron chi connectivity index (χ2n) is 6.47. The number of amides is 1. The Labute approximate surface area is 156 Å². The topological polar surface area (TPSA) is 106 Å². The minimum Gasteiger partial charge on any atom is -0.480 e. The molecule has 0 saturated carbocycles. The monoisotopic (exact) mass is 370 g/mol. The Bertz CT molecular complexity index is 860. The van der Waals surface area contributed by atoms with Gasteiger partial charge in [-0.05, 0) is 32.4 Å². The first-order valence-electron chi connectivity index (χ1n) is 8.70. The number of carboxylic acid groups (broad SMARTS) is 1. The molecular weight excluding hydrogens is 348 g/mol. The van der Waals surface area contributed by atoms with Crippen LogP contribution in [0, 0.1) is 13.8 Å². The number of carbonyl (C=O) groups is 2. The van der Waals surface area contributed by atoms with Gasteiger partial charge in [0.2, 0.25) is 5.91 Å². The standard InChI is InChI=1S/C19H22N4O4/c1-12-19(13(2)23(22-12)16-5-3-4-8-20-16)14-6-7-15(9-14)21-17(24)10-27-11-18(25)26/h3-8,14-15H,9-11H2,1-2H3,(H,21,24)(H,25,26)/t14-,15+/m0/s1. The van der Waals surface area contributed by atoms with Crippen LogP contribution in [0.15, 0.2) is 36.5 Å². The van der Waals surface area contributed by atoms with E-state index >= 15 is 0 Å². The van der Waals surface area contributed by atoms with E-state index in [1.807, 2.05) is 42.8 Å². The van der Waals surface area contributed by atoms with Crippen molar-refractivity contribution < 1.29 is 19.4 Å². The molecular formula is C19H22N4O4. The van der Waals surface area contributed by atoms with Gasteiger partial charge in [0.25, 0.3) is 0 Å². The van der Waals surface area contributed by atoms with Crippen molar-refractivity contribution in [1.29, 1.82) is 0 Å². The predicted molar refractivity (Wildman–Crippen MR) is 97.7 cm³/mol. The molecule has 2 atom stereocenters. The molecule has 0 saturated heterocycles. The zero-order valence-electron chi connectivity index (χ0n) is 15.3. The Morgan fingerprint density at radius 3 is 2.81 bits per heavy atom. The van der Waals surface area contributed by atoms with Gasteiger partial charge in [0, 0.05) is 29.4 Å². The van der Waals surface area contributed by atoms with E-state index in [-0.39, 0.29) is 24.5 Å². The van der Waals surface area contributed by atoms with E-state index < -0.39 is 12.6 Å². The summed E-state index contributed by atoms with van der Waals surface area (Å²) in [5.74, 6) is -0.511. The van der Waals surface area contributed by atoms with Gasteiger partial charge in [-0.1, -0.05) is 18.2 Å². The molecule has 2 N–H and O–H groups in total. The van der Waals surface area contributed by atoms with E-state index in [0.717, 1.165) is 29.2 Å². The van der Waals surface area contributed by atoms with Gasteiger partial charge < -0.3 is 15.2 Å². The van der Waals surface area contributed by atoms with Crippen LogP contribution in [0.5, 0.6) is 0 Å². The lowest BCUT2D eigenvalue weighted by Crippen LogP contribution is -2.35. The van der Waals surface area contributed by atoms with Crippen molar-refractivity contribution in [3.8, 4) is 5.82 Å². The van der Waals surface area contributed by atoms with Crippen LogP contribution < -0.4 is 5.32 Å². The molecule has 8 nitrogen and oxygen atoms in total. The quantitative estimate of drug-likeness (QED) is 0.716. The largest absolute Gasteiger partial charge is 0.480 e. The number of hydrogen-bond acceptors (Lipinski definition) is 5. The van der Waals surface area contributed by atoms with Crippen LogP contribution in [0.1, 0.15) is 29.3 Å². The maximum Gasteiger partial charge on any atom is 0.329 e. The smallest absolute Gasteiger partial charge is 0.329 e. The number of aromatic nitrogens is 3. The summed E-state index contributed by atoms with van der Waals surface area (Å²) < 4.78 is 6.65. The lowest BCUT2D eigenvalue weighted by molar-refractivity contribution is -0.143. The molecule has 0 radical (unpaired) electrons. The van der Waals surface area contributed by atoms with Crippen molar-refractivity contribution in [2.24, 2.45) is 0 Å². The third-order valence-electron chi connectivity index (χ3n) is 4.47. The number of aryl methyl sites for hydroxylation is 1. The number of nitrogens with zero attached hydrogens (tertiary/aromatic N) is 3. The van der Waals surface area contributed by atoms with Crippen molar-refractivity contribution in [1.82, 2.24) is 20.1 Å². The molecule has 0 bridgehead atoms. The minimum atomic E-state index is -1.10. The molecule has 2 aromatic rings. The number of pyridine rings is 1. The van der Waals surface area contributed by atoms with Crippen LogP contribution >= 0.6 is 0 Å². The normalized spacial score (nSPS) is 18.6. The summed E-state index contributed by atoms with van der Waals surface area (Å²) in [4.78, 5) is 26.6. The average Bonchev–Trinajstić information content (AvgIpc) is 3.19. The van der Waals surface area contributed by atoms with Crippen molar-refractivity contribution in [2.45, 2.75) is 32.2 Å². The van der Waals surface area contributed by atoms with Crippen LogP contribution in [0.2, 0.25) is 0 Å². The van der Waals surface area contributed by atoms with Gasteiger partial charge in [-0.2, -0.15) is 5.10 Å². The SMILES string of the molecule is Cc1nn(-c2ccccn2)c(C)c1[C@H]1C=C[C@@H](NC(=O)COCC(=O)O)C1. The van der Waals surface area contributed by atoms with E-state index in [9.17, 15) is 9.59 Å². The highest BCUT2D eigenvalue weighted by Gasteiger charge is 2.27. The zero-order valence-corrected chi connectivity index (χ0v) is 15.3. The number of carbonyl (C=O) groups excluding carboxylic acids is 1. The summed E-state index contributed by atoms with van der Waals surface area (Å²) in [7, 11) is 0. The van der Waals surface area contributed by atoms with E-state index in [1.165, 1.54) is 0 Å². The lowest BCUT2D eigenvalue weighted by Gasteiger charge is -2.14. The van der Waals surface area contributed by atoms with Crippen molar-refractivity contribution in [3.63, 3.8) is 0 Å². The average molecular weight is 370 g/mol. The Kier molecular flexibility index (Phi) is 5.66. The van der Waals surface area contributed by atoms with Crippen LogP contribution in [-0.4, -0.2) is 51.0 Å². The van der Waals surface area contributed by atoms with Crippen molar-refractivity contribution >= 4 is 11.9 Å². The second kappa shape index (κ2) is 8.13. The summed E-state index contributed by atoms with van der Waals surface area (Å²) in [5, 5.41) is 16.0. The Hall–Kier alpha value is -3.00. The molecule has 0 unspecified atom stereocenters. The van der Waals surface area contributed by atoms with Gasteiger partial charge in [-0.3, -0.25) is 4.79 Å². The fourth-order valence-electron chi connectivity index (χ4n) is 3.39. The van der Waals surface area contributed by atoms with Crippen LogP contribution in [-0.2, 0) is 14.3 Å². The summed E-state index contributed by atoms with van der Waals surface area (Å²) in [5.41, 5.74) is 3.10. The van der Waals surface area contributed by atoms with Crippen LogP contribution in [0.25, 0.3) is 5.82 Å². The first kappa shape index (κ1) is 18.8. The first-order chi connectivity index (χ1) is 13.0. The molecule has 27 heavy (non-hydrogen) atoms. The highest BCUT2D eigenvalue weighted by Crippen LogP contribution is 2.33. The van der Waals surface area contributed by atoms with Gasteiger partial charge in [0.1, 0.15) is 13.2 Å². The van der Waals surface area contributed by atoms with Gasteiger partial charge in [-0.25, -0.2) is 14.5 Å². The molecule has 2 heterocycles. The number of hydrogen-bond donors (Lipinski definition) is 2. The number of ether oxygens (including phenoxy) is 1. The van der Waals surface area contributed by atoms with Gasteiger partial charge >= 0.3 is 5.97 Å². The highest BCUT2D eigenvalue weighted by atomic mass is 16.5. The van der Waals surface area contributed by atoms with E-state index in [1.54, 1.807) is 6.20 Å². The van der Waals surface area contributed by atoms with Gasteiger partial charge in [-0.15, -0.1) is 0 Å². The van der Waals surface area contributed by atoms with Crippen LogP contribution in [0.4, 0.5) is 0 Å². The molecule has 0 spiro atoms. The number of aliphatic carboxylic acids is 1. The second-order valence-corrected chi connectivity index (χ2v) is 6.47. The molecule has 0 aromatic carbocycles. The van der Waals surface area contributed by atoms with Gasteiger partial charge in [0.05, 0.1) is 5.69 Å². The molecule has 3 rings (SSSR count). The number of allylic oxidation sites excluding steroid dienone is 1. The molecule has 1 amide bonds. The predicted octanol–water partition coefficient (Wildman–Crippen LogP) is 1.51. The molecule has 2 aromatic heterocycles.